The number of nitrogens with one attached hydrogen (secondary N) is 2. The van der Waals surface area contributed by atoms with Crippen molar-refractivity contribution in [3.8, 4) is 5.75 Å². The topological polar surface area (TPSA) is 62.7 Å². The molecule has 0 aliphatic carbocycles. The quantitative estimate of drug-likeness (QED) is 0.570. The molecule has 132 valence electrons. The molecular weight excluding hydrogens is 314 g/mol. The van der Waals surface area contributed by atoms with Crippen molar-refractivity contribution < 1.29 is 9.53 Å². The third-order valence-corrected chi connectivity index (χ3v) is 3.86. The molecule has 2 aromatic rings. The fourth-order valence-corrected chi connectivity index (χ4v) is 2.37. The molecule has 0 saturated carbocycles. The maximum absolute atomic E-state index is 12.3. The fourth-order valence-electron chi connectivity index (χ4n) is 2.37. The minimum Gasteiger partial charge on any atom is -0.495 e. The zero-order valence-electron chi connectivity index (χ0n) is 15.0. The van der Waals surface area contributed by atoms with Crippen molar-refractivity contribution in [3.05, 3.63) is 60.2 Å². The molecule has 0 spiro atoms. The molecule has 0 saturated heterocycles. The largest absolute Gasteiger partial charge is 0.495 e. The maximum atomic E-state index is 12.3. The summed E-state index contributed by atoms with van der Waals surface area (Å²) in [4.78, 5) is 12.3. The number of amides is 1. The van der Waals surface area contributed by atoms with Gasteiger partial charge in [0.1, 0.15) is 11.8 Å². The minimum atomic E-state index is -0.435. The van der Waals surface area contributed by atoms with E-state index in [-0.39, 0.29) is 5.91 Å². The Morgan fingerprint density at radius 3 is 2.48 bits per heavy atom. The number of carbonyl (C=O) groups excluding carboxylic acids is 1. The molecule has 0 radical (unpaired) electrons. The molecule has 2 aromatic carbocycles. The average Bonchev–Trinajstić information content (AvgIpc) is 2.66. The van der Waals surface area contributed by atoms with Gasteiger partial charge in [-0.25, -0.2) is 5.43 Å². The molecule has 0 heterocycles. The summed E-state index contributed by atoms with van der Waals surface area (Å²) in [6.45, 7) is 3.82. The zero-order valence-corrected chi connectivity index (χ0v) is 15.0. The highest BCUT2D eigenvalue weighted by Gasteiger charge is 2.14. The Bertz CT molecular complexity index is 714. The number of hydrogen-bond donors (Lipinski definition) is 2. The number of hydrogen-bond acceptors (Lipinski definition) is 4. The normalized spacial score (nSPS) is 12.4. The van der Waals surface area contributed by atoms with E-state index in [0.717, 1.165) is 24.2 Å². The second-order valence-electron chi connectivity index (χ2n) is 5.74. The molecule has 2 rings (SSSR count). The van der Waals surface area contributed by atoms with Crippen molar-refractivity contribution in [2.45, 2.75) is 32.7 Å². The Morgan fingerprint density at radius 2 is 1.80 bits per heavy atom. The summed E-state index contributed by atoms with van der Waals surface area (Å²) < 4.78 is 5.29. The smallest absolute Gasteiger partial charge is 0.262 e. The number of hydrazone groups is 1. The second kappa shape index (κ2) is 9.47. The number of methoxy groups -OCH3 is 1. The molecule has 0 unspecified atom stereocenters. The first kappa shape index (κ1) is 18.5. The average molecular weight is 339 g/mol. The van der Waals surface area contributed by atoms with Crippen LogP contribution in [0.5, 0.6) is 5.75 Å². The van der Waals surface area contributed by atoms with Crippen LogP contribution in [0.15, 0.2) is 59.7 Å². The SMILES string of the molecule is CC/C(Cc1ccccc1)=N/NC(=O)[C@@H](C)Nc1ccccc1OC. The van der Waals surface area contributed by atoms with Crippen molar-refractivity contribution in [2.24, 2.45) is 5.10 Å². The lowest BCUT2D eigenvalue weighted by Crippen LogP contribution is -2.35. The molecule has 0 aliphatic rings. The Kier molecular flexibility index (Phi) is 7.01. The summed E-state index contributed by atoms with van der Waals surface area (Å²) in [6, 6.07) is 17.2. The van der Waals surface area contributed by atoms with Gasteiger partial charge in [-0.15, -0.1) is 0 Å². The second-order valence-corrected chi connectivity index (χ2v) is 5.74. The van der Waals surface area contributed by atoms with Crippen LogP contribution in [0.1, 0.15) is 25.8 Å². The van der Waals surface area contributed by atoms with E-state index in [1.807, 2.05) is 49.4 Å². The van der Waals surface area contributed by atoms with Gasteiger partial charge in [0.2, 0.25) is 0 Å². The summed E-state index contributed by atoms with van der Waals surface area (Å²) in [5, 5.41) is 7.43. The third kappa shape index (κ3) is 5.64. The number of rotatable bonds is 8. The summed E-state index contributed by atoms with van der Waals surface area (Å²) in [5.41, 5.74) is 5.54. The number of benzene rings is 2. The molecule has 0 bridgehead atoms. The van der Waals surface area contributed by atoms with Gasteiger partial charge in [-0.05, 0) is 31.0 Å². The van der Waals surface area contributed by atoms with Crippen LogP contribution in [0.4, 0.5) is 5.69 Å². The number of anilines is 1. The number of para-hydroxylation sites is 2. The van der Waals surface area contributed by atoms with Crippen molar-refractivity contribution in [1.29, 1.82) is 0 Å². The maximum Gasteiger partial charge on any atom is 0.262 e. The van der Waals surface area contributed by atoms with Crippen molar-refractivity contribution >= 4 is 17.3 Å². The summed E-state index contributed by atoms with van der Waals surface area (Å²) in [5.74, 6) is 0.508. The molecule has 1 amide bonds. The first-order chi connectivity index (χ1) is 12.1. The Hall–Kier alpha value is -2.82. The highest BCUT2D eigenvalue weighted by atomic mass is 16.5. The van der Waals surface area contributed by atoms with E-state index in [9.17, 15) is 4.79 Å². The van der Waals surface area contributed by atoms with Gasteiger partial charge in [-0.1, -0.05) is 49.4 Å². The molecule has 0 aliphatic heterocycles. The van der Waals surface area contributed by atoms with E-state index in [4.69, 9.17) is 4.74 Å². The first-order valence-electron chi connectivity index (χ1n) is 8.42. The molecular formula is C20H25N3O2. The molecule has 0 aromatic heterocycles. The van der Waals surface area contributed by atoms with E-state index in [1.165, 1.54) is 5.56 Å². The summed E-state index contributed by atoms with van der Waals surface area (Å²) in [6.07, 6.45) is 1.51. The van der Waals surface area contributed by atoms with Gasteiger partial charge in [0.05, 0.1) is 12.8 Å². The highest BCUT2D eigenvalue weighted by Crippen LogP contribution is 2.23. The van der Waals surface area contributed by atoms with Crippen LogP contribution in [0, 0.1) is 0 Å². The number of carbonyl (C=O) groups is 1. The van der Waals surface area contributed by atoms with Gasteiger partial charge in [0.15, 0.2) is 0 Å². The minimum absolute atomic E-state index is 0.190. The molecule has 1 atom stereocenters. The van der Waals surface area contributed by atoms with Crippen LogP contribution in [-0.4, -0.2) is 24.8 Å². The lowest BCUT2D eigenvalue weighted by Gasteiger charge is -2.16. The number of ether oxygens (including phenoxy) is 1. The lowest BCUT2D eigenvalue weighted by molar-refractivity contribution is -0.121. The first-order valence-corrected chi connectivity index (χ1v) is 8.42. The van der Waals surface area contributed by atoms with Crippen molar-refractivity contribution in [3.63, 3.8) is 0 Å². The monoisotopic (exact) mass is 339 g/mol. The van der Waals surface area contributed by atoms with E-state index < -0.39 is 6.04 Å². The Morgan fingerprint density at radius 1 is 1.12 bits per heavy atom. The van der Waals surface area contributed by atoms with Gasteiger partial charge < -0.3 is 10.1 Å². The van der Waals surface area contributed by atoms with E-state index in [1.54, 1.807) is 14.0 Å². The fraction of sp³-hybridized carbons (Fsp3) is 0.300. The van der Waals surface area contributed by atoms with Crippen LogP contribution in [0.2, 0.25) is 0 Å². The Labute approximate surface area is 149 Å². The standard InChI is InChI=1S/C20H25N3O2/c1-4-17(14-16-10-6-5-7-11-16)22-23-20(24)15(2)21-18-12-8-9-13-19(18)25-3/h5-13,15,21H,4,14H2,1-3H3,(H,23,24)/b22-17-/t15-/m1/s1. The van der Waals surface area contributed by atoms with Crippen LogP contribution in [0.25, 0.3) is 0 Å². The van der Waals surface area contributed by atoms with E-state index in [2.05, 4.69) is 28.0 Å². The predicted molar refractivity (Wildman–Crippen MR) is 102 cm³/mol. The van der Waals surface area contributed by atoms with Gasteiger partial charge in [-0.3, -0.25) is 4.79 Å². The van der Waals surface area contributed by atoms with Gasteiger partial charge >= 0.3 is 0 Å². The summed E-state index contributed by atoms with van der Waals surface area (Å²) >= 11 is 0. The molecule has 0 fully saturated rings. The van der Waals surface area contributed by atoms with Crippen LogP contribution >= 0.6 is 0 Å². The van der Waals surface area contributed by atoms with Crippen LogP contribution in [-0.2, 0) is 11.2 Å². The highest BCUT2D eigenvalue weighted by molar-refractivity contribution is 5.89. The van der Waals surface area contributed by atoms with Gasteiger partial charge in [0, 0.05) is 12.1 Å². The van der Waals surface area contributed by atoms with Crippen molar-refractivity contribution in [1.82, 2.24) is 5.43 Å². The van der Waals surface area contributed by atoms with Crippen LogP contribution < -0.4 is 15.5 Å². The van der Waals surface area contributed by atoms with E-state index in [0.29, 0.717) is 5.75 Å². The molecule has 5 nitrogen and oxygen atoms in total. The van der Waals surface area contributed by atoms with Gasteiger partial charge in [-0.2, -0.15) is 5.10 Å². The molecule has 25 heavy (non-hydrogen) atoms. The van der Waals surface area contributed by atoms with Crippen molar-refractivity contribution in [2.75, 3.05) is 12.4 Å². The van der Waals surface area contributed by atoms with Crippen LogP contribution in [0.3, 0.4) is 0 Å². The third-order valence-electron chi connectivity index (χ3n) is 3.86. The lowest BCUT2D eigenvalue weighted by atomic mass is 10.1. The molecule has 2 N–H and O–H groups in total. The van der Waals surface area contributed by atoms with E-state index >= 15 is 0 Å². The number of nitrogens with zero attached hydrogens (tertiary/aromatic N) is 1. The predicted octanol–water partition coefficient (Wildman–Crippen LogP) is 3.62. The zero-order chi connectivity index (χ0) is 18.1. The summed E-state index contributed by atoms with van der Waals surface area (Å²) in [7, 11) is 1.60. The molecule has 5 heteroatoms. The van der Waals surface area contributed by atoms with Gasteiger partial charge in [0.25, 0.3) is 5.91 Å². The Balaban J connectivity index is 1.95.